The number of anilines is 1. The van der Waals surface area contributed by atoms with Gasteiger partial charge in [-0.25, -0.2) is 9.97 Å². The Morgan fingerprint density at radius 3 is 2.53 bits per heavy atom. The summed E-state index contributed by atoms with van der Waals surface area (Å²) in [7, 11) is 0. The molecule has 1 fully saturated rings. The van der Waals surface area contributed by atoms with Crippen LogP contribution in [0.5, 0.6) is 0 Å². The molecule has 0 amide bonds. The Morgan fingerprint density at radius 2 is 1.84 bits per heavy atom. The average Bonchev–Trinajstić information content (AvgIpc) is 2.73. The number of nitrogens with zero attached hydrogens (tertiary/aromatic N) is 3. The summed E-state index contributed by atoms with van der Waals surface area (Å²) in [5.41, 5.74) is 0.540. The summed E-state index contributed by atoms with van der Waals surface area (Å²) in [6.45, 7) is 5.03. The van der Waals surface area contributed by atoms with Gasteiger partial charge in [0, 0.05) is 18.3 Å². The number of alkyl halides is 3. The van der Waals surface area contributed by atoms with Crippen LogP contribution in [0.15, 0.2) is 35.3 Å². The molecule has 3 aromatic rings. The topological polar surface area (TPSA) is 59.8 Å². The lowest BCUT2D eigenvalue weighted by atomic mass is 9.95. The van der Waals surface area contributed by atoms with E-state index in [4.69, 9.17) is 0 Å². The quantitative estimate of drug-likeness (QED) is 0.528. The second-order valence-corrected chi connectivity index (χ2v) is 8.61. The molecule has 1 saturated carbocycles. The highest BCUT2D eigenvalue weighted by atomic mass is 19.4. The molecule has 0 bridgehead atoms. The molecule has 0 radical (unpaired) electrons. The Labute approximate surface area is 184 Å². The average molecular weight is 445 g/mol. The largest absolute Gasteiger partial charge is 0.416 e. The predicted molar refractivity (Wildman–Crippen MR) is 119 cm³/mol. The van der Waals surface area contributed by atoms with Crippen molar-refractivity contribution in [2.45, 2.75) is 71.1 Å². The third kappa shape index (κ3) is 4.36. The molecule has 5 nitrogen and oxygen atoms in total. The third-order valence-electron chi connectivity index (χ3n) is 6.34. The Kier molecular flexibility index (Phi) is 5.97. The number of fused-ring (bicyclic) bond motifs is 1. The smallest absolute Gasteiger partial charge is 0.363 e. The van der Waals surface area contributed by atoms with Gasteiger partial charge in [0.15, 0.2) is 0 Å². The number of hydrogen-bond acceptors (Lipinski definition) is 4. The molecule has 32 heavy (non-hydrogen) atoms. The first-order chi connectivity index (χ1) is 15.1. The van der Waals surface area contributed by atoms with Crippen LogP contribution in [0.3, 0.4) is 0 Å². The van der Waals surface area contributed by atoms with Gasteiger partial charge in [0.2, 0.25) is 0 Å². The lowest BCUT2D eigenvalue weighted by Gasteiger charge is -2.25. The van der Waals surface area contributed by atoms with Gasteiger partial charge in [0.25, 0.3) is 5.56 Å². The van der Waals surface area contributed by atoms with Crippen LogP contribution in [-0.2, 0) is 6.18 Å². The Bertz CT molecular complexity index is 1200. The Morgan fingerprint density at radius 1 is 1.12 bits per heavy atom. The fourth-order valence-corrected chi connectivity index (χ4v) is 4.70. The van der Waals surface area contributed by atoms with E-state index in [0.717, 1.165) is 31.7 Å². The van der Waals surface area contributed by atoms with Crippen molar-refractivity contribution in [1.29, 1.82) is 0 Å². The maximum absolute atomic E-state index is 13.4. The zero-order valence-electron chi connectivity index (χ0n) is 18.5. The van der Waals surface area contributed by atoms with E-state index in [1.54, 1.807) is 23.8 Å². The van der Waals surface area contributed by atoms with Gasteiger partial charge in [0.05, 0.1) is 22.5 Å². The Hall–Kier alpha value is -2.90. The van der Waals surface area contributed by atoms with Gasteiger partial charge in [-0.15, -0.1) is 0 Å². The number of halogens is 3. The zero-order chi connectivity index (χ0) is 23.0. The maximum Gasteiger partial charge on any atom is 0.416 e. The van der Waals surface area contributed by atoms with Gasteiger partial charge in [-0.05, 0) is 50.8 Å². The van der Waals surface area contributed by atoms with E-state index in [-0.39, 0.29) is 17.2 Å². The van der Waals surface area contributed by atoms with Crippen molar-refractivity contribution >= 4 is 16.7 Å². The number of benzene rings is 1. The van der Waals surface area contributed by atoms with E-state index in [1.165, 1.54) is 25.5 Å². The third-order valence-corrected chi connectivity index (χ3v) is 6.34. The van der Waals surface area contributed by atoms with Crippen molar-refractivity contribution < 1.29 is 13.2 Å². The first-order valence-electron chi connectivity index (χ1n) is 11.0. The number of rotatable bonds is 4. The number of hydrogen-bond donors (Lipinski definition) is 1. The molecule has 8 heteroatoms. The van der Waals surface area contributed by atoms with E-state index < -0.39 is 17.8 Å². The highest BCUT2D eigenvalue weighted by Crippen LogP contribution is 2.35. The van der Waals surface area contributed by atoms with Gasteiger partial charge in [-0.3, -0.25) is 4.79 Å². The minimum Gasteiger partial charge on any atom is -0.363 e. The highest BCUT2D eigenvalue weighted by molar-refractivity contribution is 5.88. The summed E-state index contributed by atoms with van der Waals surface area (Å²) in [5, 5.41) is 3.97. The zero-order valence-corrected chi connectivity index (χ0v) is 18.5. The van der Waals surface area contributed by atoms with Crippen LogP contribution in [0.2, 0.25) is 0 Å². The van der Waals surface area contributed by atoms with Crippen molar-refractivity contribution in [1.82, 2.24) is 14.5 Å². The van der Waals surface area contributed by atoms with Crippen molar-refractivity contribution in [3.8, 4) is 0 Å². The van der Waals surface area contributed by atoms with E-state index >= 15 is 0 Å². The van der Waals surface area contributed by atoms with Crippen LogP contribution in [0.1, 0.15) is 73.6 Å². The summed E-state index contributed by atoms with van der Waals surface area (Å²) in [6.07, 6.45) is 2.69. The lowest BCUT2D eigenvalue weighted by molar-refractivity contribution is -0.138. The number of aryl methyl sites for hydroxylation is 1. The van der Waals surface area contributed by atoms with E-state index in [1.807, 2.05) is 6.92 Å². The summed E-state index contributed by atoms with van der Waals surface area (Å²) >= 11 is 0. The van der Waals surface area contributed by atoms with E-state index in [0.29, 0.717) is 28.1 Å². The molecule has 1 aliphatic carbocycles. The summed E-state index contributed by atoms with van der Waals surface area (Å²) in [5.74, 6) is 1.00. The monoisotopic (exact) mass is 444 g/mol. The molecule has 0 saturated heterocycles. The number of aromatic nitrogens is 3. The van der Waals surface area contributed by atoms with Crippen molar-refractivity contribution in [2.24, 2.45) is 0 Å². The molecule has 0 spiro atoms. The lowest BCUT2D eigenvalue weighted by Crippen LogP contribution is -2.25. The molecule has 170 valence electrons. The minimum atomic E-state index is -4.41. The molecule has 1 aliphatic rings. The minimum absolute atomic E-state index is 0.0878. The van der Waals surface area contributed by atoms with Crippen LogP contribution >= 0.6 is 0 Å². The van der Waals surface area contributed by atoms with Crippen LogP contribution in [0.4, 0.5) is 19.0 Å². The molecule has 4 rings (SSSR count). The van der Waals surface area contributed by atoms with Crippen LogP contribution in [0.25, 0.3) is 10.9 Å². The second-order valence-electron chi connectivity index (χ2n) is 8.61. The van der Waals surface area contributed by atoms with Gasteiger partial charge in [-0.2, -0.15) is 13.2 Å². The molecular weight excluding hydrogens is 417 g/mol. The molecule has 2 heterocycles. The molecule has 1 aromatic carbocycles. The SMILES string of the molecule is Cc1nc(N[C@H](C)c2cccc(C(F)(F)F)c2C)c2cn(C3CCCCC3)c(=O)cc2n1. The molecule has 1 N–H and O–H groups in total. The van der Waals surface area contributed by atoms with E-state index in [9.17, 15) is 18.0 Å². The first kappa shape index (κ1) is 22.3. The molecule has 2 aromatic heterocycles. The molecular formula is C24H27F3N4O. The van der Waals surface area contributed by atoms with E-state index in [2.05, 4.69) is 15.3 Å². The summed E-state index contributed by atoms with van der Waals surface area (Å²) in [6, 6.07) is 5.47. The van der Waals surface area contributed by atoms with Crippen LogP contribution in [-0.4, -0.2) is 14.5 Å². The number of pyridine rings is 1. The summed E-state index contributed by atoms with van der Waals surface area (Å²) in [4.78, 5) is 21.7. The van der Waals surface area contributed by atoms with Gasteiger partial charge in [0.1, 0.15) is 11.6 Å². The van der Waals surface area contributed by atoms with Gasteiger partial charge in [-0.1, -0.05) is 31.4 Å². The highest BCUT2D eigenvalue weighted by Gasteiger charge is 2.33. The van der Waals surface area contributed by atoms with Gasteiger partial charge < -0.3 is 9.88 Å². The number of nitrogens with one attached hydrogen (secondary N) is 1. The maximum atomic E-state index is 13.4. The standard InChI is InChI=1S/C24H27F3N4O/c1-14-18(10-7-11-20(14)24(25,26)27)15(2)28-23-19-13-31(17-8-5-4-6-9-17)22(32)12-21(19)29-16(3)30-23/h7,10-13,15,17H,4-6,8-9H2,1-3H3,(H,28,29,30)/t15-/m1/s1. The van der Waals surface area contributed by atoms with Crippen molar-refractivity contribution in [3.63, 3.8) is 0 Å². The Balaban J connectivity index is 1.75. The van der Waals surface area contributed by atoms with Crippen molar-refractivity contribution in [3.05, 3.63) is 63.3 Å². The second kappa shape index (κ2) is 8.56. The van der Waals surface area contributed by atoms with Crippen LogP contribution < -0.4 is 10.9 Å². The van der Waals surface area contributed by atoms with Crippen molar-refractivity contribution in [2.75, 3.05) is 5.32 Å². The first-order valence-corrected chi connectivity index (χ1v) is 11.0. The van der Waals surface area contributed by atoms with Gasteiger partial charge >= 0.3 is 6.18 Å². The summed E-state index contributed by atoms with van der Waals surface area (Å²) < 4.78 is 41.9. The fraction of sp³-hybridized carbons (Fsp3) is 0.458. The normalized spacial score (nSPS) is 16.3. The molecule has 0 aliphatic heterocycles. The van der Waals surface area contributed by atoms with Crippen LogP contribution in [0, 0.1) is 13.8 Å². The molecule has 1 atom stereocenters. The fourth-order valence-electron chi connectivity index (χ4n) is 4.70. The predicted octanol–water partition coefficient (Wildman–Crippen LogP) is 6.11. The molecule has 0 unspecified atom stereocenters.